The van der Waals surface area contributed by atoms with E-state index >= 15 is 0 Å². The van der Waals surface area contributed by atoms with Crippen LogP contribution in [0.1, 0.15) is 0 Å². The lowest BCUT2D eigenvalue weighted by atomic mass is 10.9. The maximum atomic E-state index is 10.1. The Kier molecular flexibility index (Phi) is 1.35. The quantitative estimate of drug-likeness (QED) is 0.564. The Morgan fingerprint density at radius 1 is 1.89 bits per heavy atom. The second kappa shape index (κ2) is 2.17. The van der Waals surface area contributed by atoms with Crippen molar-refractivity contribution < 1.29 is 9.21 Å². The van der Waals surface area contributed by atoms with Crippen molar-refractivity contribution in [2.75, 3.05) is 5.32 Å². The molecule has 1 rings (SSSR count). The first kappa shape index (κ1) is 5.61. The van der Waals surface area contributed by atoms with E-state index in [0.29, 0.717) is 0 Å². The molecule has 0 spiro atoms. The first-order valence-electron chi connectivity index (χ1n) is 2.25. The average Bonchev–Trinajstić information content (AvgIpc) is 2.15. The summed E-state index contributed by atoms with van der Waals surface area (Å²) >= 11 is 0. The summed E-state index contributed by atoms with van der Waals surface area (Å²) in [6.07, 6.45) is 2.75. The number of hydrogen-bond acceptors (Lipinski definition) is 3. The zero-order chi connectivity index (χ0) is 6.69. The lowest BCUT2D eigenvalue weighted by molar-refractivity contribution is 0.258. The van der Waals surface area contributed by atoms with Crippen LogP contribution in [0.25, 0.3) is 0 Å². The van der Waals surface area contributed by atoms with Crippen molar-refractivity contribution in [1.82, 2.24) is 4.98 Å². The summed E-state index contributed by atoms with van der Waals surface area (Å²) in [4.78, 5) is 13.7. The second-order valence-corrected chi connectivity index (χ2v) is 1.33. The Morgan fingerprint density at radius 3 is 3.11 bits per heavy atom. The van der Waals surface area contributed by atoms with Crippen LogP contribution >= 0.6 is 0 Å². The predicted octanol–water partition coefficient (Wildman–Crippen LogP) is 0.165. The molecule has 0 aliphatic carbocycles. The maximum absolute atomic E-state index is 10.1. The van der Waals surface area contributed by atoms with E-state index in [1.807, 2.05) is 0 Å². The van der Waals surface area contributed by atoms with Gasteiger partial charge >= 0.3 is 12.0 Å². The van der Waals surface area contributed by atoms with Gasteiger partial charge in [-0.1, -0.05) is 0 Å². The van der Waals surface area contributed by atoms with Crippen LogP contribution in [0.5, 0.6) is 0 Å². The summed E-state index contributed by atoms with van der Waals surface area (Å²) in [6.45, 7) is 0. The number of oxazole rings is 1. The molecule has 1 heterocycles. The molecular weight excluding hydrogens is 122 g/mol. The minimum absolute atomic E-state index is 0.113. The largest absolute Gasteiger partial charge is 0.432 e. The highest BCUT2D eigenvalue weighted by atomic mass is 16.4. The van der Waals surface area contributed by atoms with Gasteiger partial charge in [-0.3, -0.25) is 5.32 Å². The Balaban J connectivity index is 2.58. The third-order valence-corrected chi connectivity index (χ3v) is 0.662. The Hall–Kier alpha value is -1.52. The smallest absolute Gasteiger partial charge is 0.320 e. The number of amides is 2. The van der Waals surface area contributed by atoms with Crippen LogP contribution in [0.4, 0.5) is 10.8 Å². The number of carbonyl (C=O) groups excluding carboxylic acids is 1. The third kappa shape index (κ3) is 1.45. The van der Waals surface area contributed by atoms with E-state index in [1.165, 1.54) is 12.5 Å². The molecule has 1 aromatic rings. The summed E-state index contributed by atoms with van der Waals surface area (Å²) in [7, 11) is 0. The molecule has 0 atom stereocenters. The van der Waals surface area contributed by atoms with Gasteiger partial charge in [-0.2, -0.15) is 0 Å². The van der Waals surface area contributed by atoms with E-state index in [0.717, 1.165) is 0 Å². The van der Waals surface area contributed by atoms with Gasteiger partial charge in [0.2, 0.25) is 0 Å². The zero-order valence-corrected chi connectivity index (χ0v) is 4.50. The van der Waals surface area contributed by atoms with Crippen molar-refractivity contribution in [2.24, 2.45) is 5.73 Å². The monoisotopic (exact) mass is 127 g/mol. The summed E-state index contributed by atoms with van der Waals surface area (Å²) in [5.74, 6) is 0. The highest BCUT2D eigenvalue weighted by Crippen LogP contribution is 1.98. The summed E-state index contributed by atoms with van der Waals surface area (Å²) < 4.78 is 4.62. The molecule has 0 saturated heterocycles. The van der Waals surface area contributed by atoms with Gasteiger partial charge in [0.15, 0.2) is 0 Å². The molecule has 0 fully saturated rings. The van der Waals surface area contributed by atoms with E-state index in [1.54, 1.807) is 0 Å². The van der Waals surface area contributed by atoms with Crippen LogP contribution in [0.3, 0.4) is 0 Å². The van der Waals surface area contributed by atoms with Crippen LogP contribution in [0.2, 0.25) is 0 Å². The molecule has 0 aromatic carbocycles. The molecule has 5 nitrogen and oxygen atoms in total. The number of nitrogens with zero attached hydrogens (tertiary/aromatic N) is 1. The van der Waals surface area contributed by atoms with Gasteiger partial charge in [0.05, 0.1) is 6.20 Å². The highest BCUT2D eigenvalue weighted by molar-refractivity contribution is 5.85. The fourth-order valence-corrected chi connectivity index (χ4v) is 0.391. The fraction of sp³-hybridized carbons (Fsp3) is 0. The number of aromatic nitrogens is 1. The van der Waals surface area contributed by atoms with Gasteiger partial charge in [-0.25, -0.2) is 9.78 Å². The molecule has 0 radical (unpaired) electrons. The molecule has 1 aromatic heterocycles. The van der Waals surface area contributed by atoms with Crippen molar-refractivity contribution in [3.05, 3.63) is 12.5 Å². The fourth-order valence-electron chi connectivity index (χ4n) is 0.391. The van der Waals surface area contributed by atoms with E-state index in [2.05, 4.69) is 14.7 Å². The van der Waals surface area contributed by atoms with Gasteiger partial charge in [0, 0.05) is 0 Å². The number of carbonyl (C=O) groups is 1. The second-order valence-electron chi connectivity index (χ2n) is 1.33. The number of nitrogens with one attached hydrogen (secondary N) is 1. The van der Waals surface area contributed by atoms with Crippen LogP contribution in [0.15, 0.2) is 16.9 Å². The van der Waals surface area contributed by atoms with Crippen molar-refractivity contribution in [1.29, 1.82) is 0 Å². The van der Waals surface area contributed by atoms with E-state index in [9.17, 15) is 4.79 Å². The Bertz CT molecular complexity index is 194. The number of anilines is 1. The van der Waals surface area contributed by atoms with Crippen LogP contribution in [-0.4, -0.2) is 11.0 Å². The topological polar surface area (TPSA) is 81.2 Å². The van der Waals surface area contributed by atoms with Gasteiger partial charge in [-0.05, 0) is 0 Å². The predicted molar refractivity (Wildman–Crippen MR) is 29.7 cm³/mol. The maximum Gasteiger partial charge on any atom is 0.320 e. The van der Waals surface area contributed by atoms with Crippen molar-refractivity contribution in [3.63, 3.8) is 0 Å². The molecular formula is C4H5N3O2. The molecule has 2 amide bonds. The van der Waals surface area contributed by atoms with Crippen LogP contribution in [0, 0.1) is 0 Å². The molecule has 0 unspecified atom stereocenters. The number of rotatable bonds is 1. The summed E-state index contributed by atoms with van der Waals surface area (Å²) in [5, 5.41) is 2.15. The van der Waals surface area contributed by atoms with Crippen molar-refractivity contribution >= 4 is 12.0 Å². The molecule has 9 heavy (non-hydrogen) atoms. The Labute approximate surface area is 50.9 Å². The van der Waals surface area contributed by atoms with E-state index in [-0.39, 0.29) is 6.01 Å². The number of nitrogens with two attached hydrogens (primary N) is 1. The van der Waals surface area contributed by atoms with E-state index in [4.69, 9.17) is 5.73 Å². The molecule has 0 saturated carbocycles. The molecule has 0 bridgehead atoms. The highest BCUT2D eigenvalue weighted by Gasteiger charge is 1.96. The molecule has 3 N–H and O–H groups in total. The lowest BCUT2D eigenvalue weighted by Gasteiger charge is -1.89. The first-order valence-corrected chi connectivity index (χ1v) is 2.25. The number of urea groups is 1. The zero-order valence-electron chi connectivity index (χ0n) is 4.50. The van der Waals surface area contributed by atoms with Gasteiger partial charge in [0.25, 0.3) is 0 Å². The number of hydrogen-bond donors (Lipinski definition) is 2. The minimum atomic E-state index is -0.683. The normalized spacial score (nSPS) is 8.89. The van der Waals surface area contributed by atoms with Crippen LogP contribution in [-0.2, 0) is 0 Å². The van der Waals surface area contributed by atoms with Gasteiger partial charge in [-0.15, -0.1) is 0 Å². The van der Waals surface area contributed by atoms with Crippen molar-refractivity contribution in [2.45, 2.75) is 0 Å². The average molecular weight is 127 g/mol. The molecule has 0 aliphatic rings. The van der Waals surface area contributed by atoms with Crippen LogP contribution < -0.4 is 11.1 Å². The van der Waals surface area contributed by atoms with Gasteiger partial charge < -0.3 is 10.2 Å². The minimum Gasteiger partial charge on any atom is -0.432 e. The van der Waals surface area contributed by atoms with E-state index < -0.39 is 6.03 Å². The SMILES string of the molecule is NC(=O)Nc1ncco1. The summed E-state index contributed by atoms with van der Waals surface area (Å²) in [5.41, 5.74) is 4.73. The lowest BCUT2D eigenvalue weighted by Crippen LogP contribution is -2.19. The first-order chi connectivity index (χ1) is 4.29. The Morgan fingerprint density at radius 2 is 2.67 bits per heavy atom. The molecule has 48 valence electrons. The molecule has 5 heteroatoms. The third-order valence-electron chi connectivity index (χ3n) is 0.662. The number of primary amides is 1. The summed E-state index contributed by atoms with van der Waals surface area (Å²) in [6, 6.07) is -0.569. The van der Waals surface area contributed by atoms with Crippen molar-refractivity contribution in [3.8, 4) is 0 Å². The van der Waals surface area contributed by atoms with Gasteiger partial charge in [0.1, 0.15) is 6.26 Å². The standard InChI is InChI=1S/C4H5N3O2/c5-3(8)7-4-6-1-2-9-4/h1-2H,(H3,5,6,7,8). The molecule has 0 aliphatic heterocycles.